The monoisotopic (exact) mass is 734 g/mol. The van der Waals surface area contributed by atoms with E-state index < -0.39 is 0 Å². The Morgan fingerprint density at radius 2 is 1.42 bits per heavy atom. The second kappa shape index (κ2) is 20.8. The lowest BCUT2D eigenvalue weighted by Crippen LogP contribution is -2.63. The Bertz CT molecular complexity index is 1120. The lowest BCUT2D eigenvalue weighted by atomic mass is 9.43. The summed E-state index contributed by atoms with van der Waals surface area (Å²) >= 11 is 0. The van der Waals surface area contributed by atoms with Crippen molar-refractivity contribution in [3.8, 4) is 0 Å². The molecule has 0 amide bonds. The first-order chi connectivity index (χ1) is 25.0. The topological polar surface area (TPSA) is 166 Å². The molecule has 0 aromatic rings. The summed E-state index contributed by atoms with van der Waals surface area (Å²) in [6.45, 7) is 11.7. The third-order valence-electron chi connectivity index (χ3n) is 14.2. The van der Waals surface area contributed by atoms with Crippen LogP contribution in [0.25, 0.3) is 0 Å². The minimum Gasteiger partial charge on any atom is -0.466 e. The zero-order chi connectivity index (χ0) is 37.7. The fourth-order valence-electron chi connectivity index (χ4n) is 11.4. The quantitative estimate of drug-likeness (QED) is 0.0610. The molecule has 4 rings (SSSR count). The van der Waals surface area contributed by atoms with Crippen LogP contribution in [0.2, 0.25) is 0 Å². The SMILES string of the molecule is CCCCCCCCCOC(=O)CC[C@@H](C)[C@H]1CC[C@H]2[C@@H]3[C@H](OC(=O)CCN)C[C@@H]4C[C@H](OC(=O)CCN)CC[C@]4(C)[C@H]3C[C@H](OCCCN)[C@]12C. The predicted octanol–water partition coefficient (Wildman–Crippen LogP) is 6.83. The van der Waals surface area contributed by atoms with E-state index in [-0.39, 0.29) is 84.8 Å². The molecule has 0 heterocycles. The van der Waals surface area contributed by atoms with Gasteiger partial charge in [-0.05, 0) is 106 Å². The summed E-state index contributed by atoms with van der Waals surface area (Å²) in [6.07, 6.45) is 16.9. The summed E-state index contributed by atoms with van der Waals surface area (Å²) in [6, 6.07) is 0. The maximum absolute atomic E-state index is 13.1. The molecule has 4 fully saturated rings. The number of nitrogens with two attached hydrogens (primary N) is 3. The van der Waals surface area contributed by atoms with Crippen molar-refractivity contribution >= 4 is 17.9 Å². The average molecular weight is 734 g/mol. The first-order valence-electron chi connectivity index (χ1n) is 21.3. The molecule has 4 aliphatic carbocycles. The molecular formula is C42H75N3O7. The Hall–Kier alpha value is -1.75. The van der Waals surface area contributed by atoms with Crippen LogP contribution < -0.4 is 17.2 Å². The van der Waals surface area contributed by atoms with Crippen molar-refractivity contribution in [1.82, 2.24) is 0 Å². The first-order valence-corrected chi connectivity index (χ1v) is 21.3. The van der Waals surface area contributed by atoms with E-state index >= 15 is 0 Å². The van der Waals surface area contributed by atoms with Crippen LogP contribution in [0.4, 0.5) is 0 Å². The number of fused-ring (bicyclic) bond motifs is 5. The number of unbranched alkanes of at least 4 members (excludes halogenated alkanes) is 6. The fourth-order valence-corrected chi connectivity index (χ4v) is 11.4. The average Bonchev–Trinajstić information content (AvgIpc) is 3.47. The highest BCUT2D eigenvalue weighted by Gasteiger charge is 2.67. The van der Waals surface area contributed by atoms with Gasteiger partial charge in [0.2, 0.25) is 0 Å². The van der Waals surface area contributed by atoms with Crippen molar-refractivity contribution in [2.45, 2.75) is 168 Å². The van der Waals surface area contributed by atoms with Crippen LogP contribution in [-0.4, -0.2) is 69.1 Å². The third-order valence-corrected chi connectivity index (χ3v) is 14.2. The van der Waals surface area contributed by atoms with Crippen LogP contribution in [0.15, 0.2) is 0 Å². The third kappa shape index (κ3) is 10.5. The highest BCUT2D eigenvalue weighted by atomic mass is 16.6. The van der Waals surface area contributed by atoms with Gasteiger partial charge in [-0.1, -0.05) is 66.2 Å². The Labute approximate surface area is 315 Å². The van der Waals surface area contributed by atoms with Gasteiger partial charge in [0.25, 0.3) is 0 Å². The number of carbonyl (C=O) groups is 3. The maximum Gasteiger partial charge on any atom is 0.307 e. The van der Waals surface area contributed by atoms with Crippen molar-refractivity contribution in [2.75, 3.05) is 32.8 Å². The smallest absolute Gasteiger partial charge is 0.307 e. The lowest BCUT2D eigenvalue weighted by molar-refractivity contribution is -0.226. The number of hydrogen-bond acceptors (Lipinski definition) is 10. The van der Waals surface area contributed by atoms with Gasteiger partial charge in [0.15, 0.2) is 0 Å². The summed E-state index contributed by atoms with van der Waals surface area (Å²) in [5.74, 6) is 1.25. The molecule has 0 spiro atoms. The number of carbonyl (C=O) groups excluding carboxylic acids is 3. The van der Waals surface area contributed by atoms with E-state index in [2.05, 4.69) is 27.7 Å². The van der Waals surface area contributed by atoms with Crippen LogP contribution in [0, 0.1) is 46.3 Å². The van der Waals surface area contributed by atoms with Crippen molar-refractivity contribution in [3.63, 3.8) is 0 Å². The Morgan fingerprint density at radius 3 is 2.12 bits per heavy atom. The van der Waals surface area contributed by atoms with Crippen LogP contribution in [-0.2, 0) is 33.3 Å². The second-order valence-electron chi connectivity index (χ2n) is 17.4. The molecule has 10 nitrogen and oxygen atoms in total. The van der Waals surface area contributed by atoms with Crippen molar-refractivity contribution < 1.29 is 33.3 Å². The van der Waals surface area contributed by atoms with Gasteiger partial charge in [0, 0.05) is 37.5 Å². The van der Waals surface area contributed by atoms with Crippen molar-refractivity contribution in [1.29, 1.82) is 0 Å². The van der Waals surface area contributed by atoms with E-state index in [4.69, 9.17) is 36.1 Å². The van der Waals surface area contributed by atoms with E-state index in [1.807, 2.05) is 0 Å². The van der Waals surface area contributed by atoms with Crippen molar-refractivity contribution in [3.05, 3.63) is 0 Å². The number of rotatable bonds is 22. The lowest BCUT2D eigenvalue weighted by Gasteiger charge is -2.64. The van der Waals surface area contributed by atoms with E-state index in [1.165, 1.54) is 32.1 Å². The fraction of sp³-hybridized carbons (Fsp3) is 0.929. The summed E-state index contributed by atoms with van der Waals surface area (Å²) < 4.78 is 24.9. The zero-order valence-electron chi connectivity index (χ0n) is 33.3. The van der Waals surface area contributed by atoms with Gasteiger partial charge in [-0.2, -0.15) is 0 Å². The molecule has 4 aliphatic rings. The van der Waals surface area contributed by atoms with Gasteiger partial charge in [-0.25, -0.2) is 0 Å². The highest BCUT2D eigenvalue weighted by Crippen LogP contribution is 2.69. The molecule has 52 heavy (non-hydrogen) atoms. The van der Waals surface area contributed by atoms with Gasteiger partial charge in [0.05, 0.1) is 25.6 Å². The molecule has 300 valence electrons. The normalized spacial score (nSPS) is 34.4. The number of esters is 3. The van der Waals surface area contributed by atoms with Gasteiger partial charge >= 0.3 is 17.9 Å². The summed E-state index contributed by atoms with van der Waals surface area (Å²) in [5.41, 5.74) is 17.3. The molecule has 0 unspecified atom stereocenters. The van der Waals surface area contributed by atoms with E-state index in [9.17, 15) is 14.4 Å². The second-order valence-corrected chi connectivity index (χ2v) is 17.4. The molecule has 0 saturated heterocycles. The van der Waals surface area contributed by atoms with E-state index in [1.54, 1.807) is 0 Å². The molecule has 0 bridgehead atoms. The van der Waals surface area contributed by atoms with Crippen LogP contribution in [0.1, 0.15) is 150 Å². The van der Waals surface area contributed by atoms with Crippen molar-refractivity contribution in [2.24, 2.45) is 63.5 Å². The molecular weight excluding hydrogens is 658 g/mol. The Kier molecular flexibility index (Phi) is 17.2. The molecule has 11 atom stereocenters. The van der Waals surface area contributed by atoms with E-state index in [0.29, 0.717) is 49.9 Å². The minimum atomic E-state index is -0.231. The summed E-state index contributed by atoms with van der Waals surface area (Å²) in [7, 11) is 0. The molecule has 0 radical (unpaired) electrons. The van der Waals surface area contributed by atoms with Gasteiger partial charge in [-0.3, -0.25) is 14.4 Å². The Balaban J connectivity index is 1.50. The molecule has 0 aromatic heterocycles. The maximum atomic E-state index is 13.1. The van der Waals surface area contributed by atoms with Crippen LogP contribution in [0.3, 0.4) is 0 Å². The Morgan fingerprint density at radius 1 is 0.731 bits per heavy atom. The summed E-state index contributed by atoms with van der Waals surface area (Å²) in [4.78, 5) is 38.4. The predicted molar refractivity (Wildman–Crippen MR) is 204 cm³/mol. The van der Waals surface area contributed by atoms with E-state index in [0.717, 1.165) is 70.6 Å². The van der Waals surface area contributed by atoms with Gasteiger partial charge in [0.1, 0.15) is 12.2 Å². The number of hydrogen-bond donors (Lipinski definition) is 3. The summed E-state index contributed by atoms with van der Waals surface area (Å²) in [5, 5.41) is 0. The zero-order valence-corrected chi connectivity index (χ0v) is 33.3. The molecule has 4 saturated carbocycles. The molecule has 0 aromatic carbocycles. The standard InChI is InChI=1S/C42H75N3O7/c1-5-6-7-8-9-10-11-24-50-37(46)16-13-29(2)32-14-15-33-40-34(28-36(42(32,33)4)49-25-12-21-43)41(3)20-17-31(51-38(47)18-22-44)26-30(41)27-35(40)52-39(48)19-23-45/h29-36,40H,5-28,43-45H2,1-4H3/t29-,30+,31-,32-,33+,34+,35-,36+,40+,41+,42-/m1/s1. The van der Waals surface area contributed by atoms with Crippen LogP contribution >= 0.6 is 0 Å². The minimum absolute atomic E-state index is 0.0119. The molecule has 6 N–H and O–H groups in total. The van der Waals surface area contributed by atoms with Gasteiger partial charge in [-0.15, -0.1) is 0 Å². The highest BCUT2D eigenvalue weighted by molar-refractivity contribution is 5.70. The largest absolute Gasteiger partial charge is 0.466 e. The molecule has 0 aliphatic heterocycles. The van der Waals surface area contributed by atoms with Gasteiger partial charge < -0.3 is 36.1 Å². The first kappa shape index (κ1) is 43.0. The van der Waals surface area contributed by atoms with Crippen LogP contribution in [0.5, 0.6) is 0 Å². The molecule has 10 heteroatoms. The number of ether oxygens (including phenoxy) is 4.